The number of halogens is 1. The molecule has 1 saturated heterocycles. The van der Waals surface area contributed by atoms with Gasteiger partial charge in [0, 0.05) is 44.0 Å². The number of para-hydroxylation sites is 2. The molecule has 9 heteroatoms. The van der Waals surface area contributed by atoms with Crippen LogP contribution >= 0.6 is 23.4 Å². The zero-order valence-electron chi connectivity index (χ0n) is 18.4. The molecule has 7 nitrogen and oxygen atoms in total. The average molecular weight is 484 g/mol. The van der Waals surface area contributed by atoms with Crippen LogP contribution in [0.4, 0.5) is 11.4 Å². The van der Waals surface area contributed by atoms with E-state index >= 15 is 0 Å². The smallest absolute Gasteiger partial charge is 0.292 e. The minimum absolute atomic E-state index is 0.00990. The highest BCUT2D eigenvalue weighted by atomic mass is 35.5. The lowest BCUT2D eigenvalue weighted by Crippen LogP contribution is -2.47. The van der Waals surface area contributed by atoms with Crippen LogP contribution in [0.1, 0.15) is 6.42 Å². The number of nitrogens with zero attached hydrogens (tertiary/aromatic N) is 4. The summed E-state index contributed by atoms with van der Waals surface area (Å²) in [4.78, 5) is 30.6. The van der Waals surface area contributed by atoms with Crippen molar-refractivity contribution in [3.63, 3.8) is 0 Å². The molecule has 1 aliphatic rings. The van der Waals surface area contributed by atoms with Crippen LogP contribution in [0.3, 0.4) is 0 Å². The summed E-state index contributed by atoms with van der Waals surface area (Å²) < 4.78 is 1.32. The highest BCUT2D eigenvalue weighted by Gasteiger charge is 2.22. The fourth-order valence-electron chi connectivity index (χ4n) is 3.83. The van der Waals surface area contributed by atoms with Crippen LogP contribution in [0.2, 0.25) is 5.02 Å². The van der Waals surface area contributed by atoms with Gasteiger partial charge in [0.25, 0.3) is 5.56 Å². The number of carbonyl (C=O) groups excluding carboxylic acids is 1. The van der Waals surface area contributed by atoms with Gasteiger partial charge in [-0.05, 0) is 30.5 Å². The van der Waals surface area contributed by atoms with E-state index in [0.717, 1.165) is 23.7 Å². The first-order valence-corrected chi connectivity index (χ1v) is 12.4. The average Bonchev–Trinajstić information content (AvgIpc) is 2.86. The van der Waals surface area contributed by atoms with E-state index in [0.29, 0.717) is 37.4 Å². The van der Waals surface area contributed by atoms with Crippen molar-refractivity contribution in [3.8, 4) is 5.69 Å². The maximum Gasteiger partial charge on any atom is 0.292 e. The van der Waals surface area contributed by atoms with Crippen LogP contribution in [-0.4, -0.2) is 59.6 Å². The van der Waals surface area contributed by atoms with Crippen LogP contribution in [0, 0.1) is 0 Å². The van der Waals surface area contributed by atoms with Gasteiger partial charge >= 0.3 is 0 Å². The number of piperazine rings is 1. The molecule has 0 atom stereocenters. The van der Waals surface area contributed by atoms with E-state index in [9.17, 15) is 9.59 Å². The van der Waals surface area contributed by atoms with Crippen LogP contribution in [0.25, 0.3) is 5.69 Å². The largest absolute Gasteiger partial charge is 0.366 e. The Morgan fingerprint density at radius 1 is 1.06 bits per heavy atom. The number of carbonyl (C=O) groups is 1. The summed E-state index contributed by atoms with van der Waals surface area (Å²) in [7, 11) is 0. The summed E-state index contributed by atoms with van der Waals surface area (Å²) in [6.07, 6.45) is 4.08. The summed E-state index contributed by atoms with van der Waals surface area (Å²) in [6.45, 7) is 3.68. The number of aromatic nitrogens is 2. The molecule has 1 amide bonds. The van der Waals surface area contributed by atoms with Gasteiger partial charge in [0.1, 0.15) is 5.02 Å². The Kier molecular flexibility index (Phi) is 7.69. The number of anilines is 2. The third-order valence-electron chi connectivity index (χ3n) is 5.65. The molecule has 1 aromatic heterocycles. The topological polar surface area (TPSA) is 70.5 Å². The first-order valence-electron chi connectivity index (χ1n) is 10.8. The van der Waals surface area contributed by atoms with Crippen molar-refractivity contribution in [3.05, 3.63) is 76.2 Å². The molecule has 0 spiro atoms. The van der Waals surface area contributed by atoms with Crippen molar-refractivity contribution >= 4 is 40.6 Å². The second-order valence-corrected chi connectivity index (χ2v) is 8.95. The number of hydrogen-bond donors (Lipinski definition) is 1. The molecule has 0 saturated carbocycles. The SMILES string of the molecule is CSc1ccccc1NC(=O)CCN1CCN(c2cnn(-c3ccccc3)c(=O)c2Cl)CC1. The first-order chi connectivity index (χ1) is 16.1. The number of amides is 1. The Labute approximate surface area is 202 Å². The molecule has 1 fully saturated rings. The number of benzene rings is 2. The maximum absolute atomic E-state index is 12.8. The minimum atomic E-state index is -0.329. The summed E-state index contributed by atoms with van der Waals surface area (Å²) in [6, 6.07) is 17.0. The zero-order chi connectivity index (χ0) is 23.2. The van der Waals surface area contributed by atoms with Crippen LogP contribution < -0.4 is 15.8 Å². The van der Waals surface area contributed by atoms with E-state index in [2.05, 4.69) is 20.2 Å². The van der Waals surface area contributed by atoms with Gasteiger partial charge in [0.2, 0.25) is 5.91 Å². The molecule has 1 N–H and O–H groups in total. The molecule has 2 heterocycles. The van der Waals surface area contributed by atoms with Crippen molar-refractivity contribution in [2.75, 3.05) is 49.2 Å². The van der Waals surface area contributed by atoms with E-state index in [-0.39, 0.29) is 16.5 Å². The van der Waals surface area contributed by atoms with E-state index in [1.54, 1.807) is 18.0 Å². The lowest BCUT2D eigenvalue weighted by atomic mass is 10.2. The predicted octanol–water partition coefficient (Wildman–Crippen LogP) is 3.76. The fraction of sp³-hybridized carbons (Fsp3) is 0.292. The Hall–Kier alpha value is -2.81. The van der Waals surface area contributed by atoms with Gasteiger partial charge < -0.3 is 10.2 Å². The highest BCUT2D eigenvalue weighted by Crippen LogP contribution is 2.25. The highest BCUT2D eigenvalue weighted by molar-refractivity contribution is 7.98. The molecule has 2 aromatic carbocycles. The monoisotopic (exact) mass is 483 g/mol. The number of nitrogens with one attached hydrogen (secondary N) is 1. The summed E-state index contributed by atoms with van der Waals surface area (Å²) in [5, 5.41) is 7.51. The molecule has 3 aromatic rings. The summed E-state index contributed by atoms with van der Waals surface area (Å²) in [5.74, 6) is 0.00990. The fourth-order valence-corrected chi connectivity index (χ4v) is 4.63. The van der Waals surface area contributed by atoms with Gasteiger partial charge in [-0.1, -0.05) is 41.9 Å². The molecule has 0 unspecified atom stereocenters. The van der Waals surface area contributed by atoms with Gasteiger partial charge in [-0.2, -0.15) is 9.78 Å². The third kappa shape index (κ3) is 5.58. The first kappa shape index (κ1) is 23.4. The Morgan fingerprint density at radius 3 is 2.48 bits per heavy atom. The molecule has 1 aliphatic heterocycles. The van der Waals surface area contributed by atoms with E-state index < -0.39 is 0 Å². The normalized spacial score (nSPS) is 14.3. The second-order valence-electron chi connectivity index (χ2n) is 7.72. The summed E-state index contributed by atoms with van der Waals surface area (Å²) >= 11 is 8.05. The molecule has 0 bridgehead atoms. The van der Waals surface area contributed by atoms with Crippen molar-refractivity contribution in [1.82, 2.24) is 14.7 Å². The molecule has 33 heavy (non-hydrogen) atoms. The quantitative estimate of drug-likeness (QED) is 0.516. The van der Waals surface area contributed by atoms with Crippen molar-refractivity contribution < 1.29 is 4.79 Å². The molecule has 4 rings (SSSR count). The van der Waals surface area contributed by atoms with Gasteiger partial charge in [0.05, 0.1) is 23.3 Å². The molecule has 0 radical (unpaired) electrons. The standard InChI is InChI=1S/C24H26ClN5O2S/c1-33-21-10-6-5-9-19(21)27-22(31)11-12-28-13-15-29(16-14-28)20-17-26-30(24(32)23(20)25)18-7-3-2-4-8-18/h2-10,17H,11-16H2,1H3,(H,27,31). The Bertz CT molecular complexity index is 1160. The van der Waals surface area contributed by atoms with Gasteiger partial charge in [0.15, 0.2) is 0 Å². The number of rotatable bonds is 7. The minimum Gasteiger partial charge on any atom is -0.366 e. The van der Waals surface area contributed by atoms with Crippen molar-refractivity contribution in [1.29, 1.82) is 0 Å². The van der Waals surface area contributed by atoms with Crippen molar-refractivity contribution in [2.24, 2.45) is 0 Å². The molecular formula is C24H26ClN5O2S. The summed E-state index contributed by atoms with van der Waals surface area (Å²) in [5.41, 5.74) is 1.86. The number of hydrogen-bond acceptors (Lipinski definition) is 6. The lowest BCUT2D eigenvalue weighted by molar-refractivity contribution is -0.116. The van der Waals surface area contributed by atoms with Crippen LogP contribution in [-0.2, 0) is 4.79 Å². The molecule has 172 valence electrons. The lowest BCUT2D eigenvalue weighted by Gasteiger charge is -2.36. The van der Waals surface area contributed by atoms with Gasteiger partial charge in [-0.25, -0.2) is 0 Å². The third-order valence-corrected chi connectivity index (χ3v) is 6.80. The molecular weight excluding hydrogens is 458 g/mol. The zero-order valence-corrected chi connectivity index (χ0v) is 20.0. The predicted molar refractivity (Wildman–Crippen MR) is 135 cm³/mol. The van der Waals surface area contributed by atoms with Crippen LogP contribution in [0.5, 0.6) is 0 Å². The van der Waals surface area contributed by atoms with E-state index in [1.165, 1.54) is 4.68 Å². The van der Waals surface area contributed by atoms with E-state index in [4.69, 9.17) is 11.6 Å². The van der Waals surface area contributed by atoms with Gasteiger partial charge in [-0.15, -0.1) is 11.8 Å². The molecule has 0 aliphatic carbocycles. The van der Waals surface area contributed by atoms with Crippen molar-refractivity contribution in [2.45, 2.75) is 11.3 Å². The van der Waals surface area contributed by atoms with Gasteiger partial charge in [-0.3, -0.25) is 14.5 Å². The number of thioether (sulfide) groups is 1. The maximum atomic E-state index is 12.8. The van der Waals surface area contributed by atoms with E-state index in [1.807, 2.05) is 60.9 Å². The Morgan fingerprint density at radius 2 is 1.76 bits per heavy atom. The van der Waals surface area contributed by atoms with Crippen LogP contribution in [0.15, 0.2) is 70.5 Å². The Balaban J connectivity index is 1.31. The second kappa shape index (κ2) is 10.9.